The van der Waals surface area contributed by atoms with Gasteiger partial charge in [0.25, 0.3) is 5.56 Å². The van der Waals surface area contributed by atoms with Gasteiger partial charge in [0.1, 0.15) is 0 Å². The van der Waals surface area contributed by atoms with E-state index in [1.807, 2.05) is 6.92 Å². The summed E-state index contributed by atoms with van der Waals surface area (Å²) in [5, 5.41) is 9.50. The Kier molecular flexibility index (Phi) is 5.15. The lowest BCUT2D eigenvalue weighted by Crippen LogP contribution is -2.25. The Balaban J connectivity index is 2.08. The maximum Gasteiger partial charge on any atom is 0.262 e. The van der Waals surface area contributed by atoms with Crippen LogP contribution in [0.4, 0.5) is 0 Å². The van der Waals surface area contributed by atoms with Crippen LogP contribution >= 0.6 is 23.4 Å². The first-order chi connectivity index (χ1) is 11.8. The van der Waals surface area contributed by atoms with E-state index < -0.39 is 0 Å². The Hall–Kier alpha value is -1.86. The molecule has 0 amide bonds. The summed E-state index contributed by atoms with van der Waals surface area (Å²) < 4.78 is 7.20. The Bertz CT molecular complexity index is 967. The third-order valence-corrected chi connectivity index (χ3v) is 4.91. The van der Waals surface area contributed by atoms with Crippen LogP contribution in [0.1, 0.15) is 37.8 Å². The average molecular weight is 379 g/mol. The minimum atomic E-state index is -0.115. The van der Waals surface area contributed by atoms with Gasteiger partial charge in [0.05, 0.1) is 16.2 Å². The van der Waals surface area contributed by atoms with E-state index in [-0.39, 0.29) is 10.8 Å². The number of benzene rings is 1. The molecule has 3 rings (SSSR count). The first-order valence-corrected chi connectivity index (χ1v) is 9.27. The van der Waals surface area contributed by atoms with Crippen molar-refractivity contribution in [1.29, 1.82) is 0 Å². The number of nitrogens with zero attached hydrogens (tertiary/aromatic N) is 4. The summed E-state index contributed by atoms with van der Waals surface area (Å²) in [6, 6.07) is 5.18. The lowest BCUT2D eigenvalue weighted by atomic mass is 10.2. The van der Waals surface area contributed by atoms with Gasteiger partial charge in [-0.15, -0.1) is 10.2 Å². The van der Waals surface area contributed by atoms with E-state index in [0.717, 1.165) is 0 Å². The monoisotopic (exact) mass is 378 g/mol. The zero-order chi connectivity index (χ0) is 18.1. The summed E-state index contributed by atoms with van der Waals surface area (Å²) in [5.74, 6) is 1.34. The van der Waals surface area contributed by atoms with Gasteiger partial charge in [0.2, 0.25) is 11.8 Å². The molecule has 1 unspecified atom stereocenters. The molecule has 0 fully saturated rings. The van der Waals surface area contributed by atoms with Crippen LogP contribution in [-0.2, 0) is 6.54 Å². The van der Waals surface area contributed by atoms with Crippen molar-refractivity contribution in [1.82, 2.24) is 19.7 Å². The van der Waals surface area contributed by atoms with Crippen LogP contribution in [0.25, 0.3) is 10.9 Å². The first-order valence-electron chi connectivity index (χ1n) is 8.02. The van der Waals surface area contributed by atoms with E-state index in [9.17, 15) is 4.79 Å². The first kappa shape index (κ1) is 17.9. The Morgan fingerprint density at radius 2 is 2.04 bits per heavy atom. The zero-order valence-corrected chi connectivity index (χ0v) is 16.1. The van der Waals surface area contributed by atoms with Crippen molar-refractivity contribution in [2.75, 3.05) is 0 Å². The quantitative estimate of drug-likeness (QED) is 0.488. The van der Waals surface area contributed by atoms with Crippen molar-refractivity contribution in [3.63, 3.8) is 0 Å². The Morgan fingerprint density at radius 1 is 1.28 bits per heavy atom. The molecular weight excluding hydrogens is 360 g/mol. The molecule has 0 aliphatic heterocycles. The molecule has 1 atom stereocenters. The van der Waals surface area contributed by atoms with Crippen molar-refractivity contribution in [2.45, 2.75) is 44.6 Å². The molecule has 0 saturated heterocycles. The molecule has 1 aromatic carbocycles. The molecular formula is C17H19ClN4O2S. The fraction of sp³-hybridized carbons (Fsp3) is 0.412. The largest absolute Gasteiger partial charge is 0.424 e. The molecule has 0 bridgehead atoms. The number of aromatic nitrogens is 4. The van der Waals surface area contributed by atoms with Gasteiger partial charge in [-0.1, -0.05) is 37.2 Å². The van der Waals surface area contributed by atoms with Crippen LogP contribution in [0.3, 0.4) is 0 Å². The maximum atomic E-state index is 13.0. The molecule has 6 nitrogen and oxygen atoms in total. The highest BCUT2D eigenvalue weighted by molar-refractivity contribution is 7.99. The van der Waals surface area contributed by atoms with Crippen molar-refractivity contribution < 1.29 is 4.42 Å². The van der Waals surface area contributed by atoms with Crippen LogP contribution in [0.15, 0.2) is 32.6 Å². The second-order valence-corrected chi connectivity index (χ2v) is 8.03. The summed E-state index contributed by atoms with van der Waals surface area (Å²) >= 11 is 7.48. The molecule has 0 radical (unpaired) electrons. The summed E-state index contributed by atoms with van der Waals surface area (Å²) in [5.41, 5.74) is 0.545. The topological polar surface area (TPSA) is 73.8 Å². The summed E-state index contributed by atoms with van der Waals surface area (Å²) in [6.07, 6.45) is 0. The molecule has 132 valence electrons. The van der Waals surface area contributed by atoms with Crippen LogP contribution in [0.2, 0.25) is 5.02 Å². The Morgan fingerprint density at radius 3 is 2.68 bits per heavy atom. The van der Waals surface area contributed by atoms with Crippen LogP contribution in [0.5, 0.6) is 0 Å². The standard InChI is InChI=1S/C17H19ClN4O2S/c1-9(2)8-22-16(23)13-7-12(18)5-6-14(13)19-17(22)25-10(3)15-21-20-11(4)24-15/h5-7,9-10H,8H2,1-4H3. The molecule has 2 heterocycles. The fourth-order valence-electron chi connectivity index (χ4n) is 2.47. The number of rotatable bonds is 5. The highest BCUT2D eigenvalue weighted by atomic mass is 35.5. The summed E-state index contributed by atoms with van der Waals surface area (Å²) in [4.78, 5) is 17.6. The number of hydrogen-bond acceptors (Lipinski definition) is 6. The molecule has 0 aliphatic carbocycles. The van der Waals surface area contributed by atoms with Crippen molar-refractivity contribution >= 4 is 34.3 Å². The highest BCUT2D eigenvalue weighted by Gasteiger charge is 2.20. The molecule has 0 aliphatic rings. The van der Waals surface area contributed by atoms with Gasteiger partial charge in [0.15, 0.2) is 5.16 Å². The number of hydrogen-bond donors (Lipinski definition) is 0. The van der Waals surface area contributed by atoms with E-state index in [4.69, 9.17) is 16.0 Å². The third-order valence-electron chi connectivity index (χ3n) is 3.60. The smallest absolute Gasteiger partial charge is 0.262 e. The van der Waals surface area contributed by atoms with Crippen LogP contribution in [-0.4, -0.2) is 19.7 Å². The van der Waals surface area contributed by atoms with Gasteiger partial charge in [-0.05, 0) is 31.0 Å². The number of aryl methyl sites for hydroxylation is 1. The average Bonchev–Trinajstić information content (AvgIpc) is 2.98. The minimum absolute atomic E-state index is 0.0855. The molecule has 3 aromatic rings. The second kappa shape index (κ2) is 7.17. The molecule has 25 heavy (non-hydrogen) atoms. The van der Waals surface area contributed by atoms with Gasteiger partial charge >= 0.3 is 0 Å². The normalized spacial score (nSPS) is 12.9. The maximum absolute atomic E-state index is 13.0. The molecule has 2 aromatic heterocycles. The minimum Gasteiger partial charge on any atom is -0.424 e. The fourth-order valence-corrected chi connectivity index (χ4v) is 3.59. The molecule has 8 heteroatoms. The van der Waals surface area contributed by atoms with Gasteiger partial charge < -0.3 is 4.42 Å². The van der Waals surface area contributed by atoms with E-state index in [2.05, 4.69) is 29.0 Å². The van der Waals surface area contributed by atoms with Crippen molar-refractivity contribution in [3.05, 3.63) is 45.4 Å². The number of fused-ring (bicyclic) bond motifs is 1. The van der Waals surface area contributed by atoms with Gasteiger partial charge in [-0.25, -0.2) is 4.98 Å². The predicted octanol–water partition coefficient (Wildman–Crippen LogP) is 4.25. The second-order valence-electron chi connectivity index (χ2n) is 6.28. The predicted molar refractivity (Wildman–Crippen MR) is 99.2 cm³/mol. The van der Waals surface area contributed by atoms with Crippen molar-refractivity contribution in [3.8, 4) is 0 Å². The van der Waals surface area contributed by atoms with Crippen LogP contribution < -0.4 is 5.56 Å². The van der Waals surface area contributed by atoms with E-state index in [1.54, 1.807) is 29.7 Å². The molecule has 0 N–H and O–H groups in total. The summed E-state index contributed by atoms with van der Waals surface area (Å²) in [7, 11) is 0. The van der Waals surface area contributed by atoms with Gasteiger partial charge in [0, 0.05) is 18.5 Å². The van der Waals surface area contributed by atoms with E-state index >= 15 is 0 Å². The van der Waals surface area contributed by atoms with Gasteiger partial charge in [-0.2, -0.15) is 0 Å². The van der Waals surface area contributed by atoms with E-state index in [1.165, 1.54) is 11.8 Å². The lowest BCUT2D eigenvalue weighted by molar-refractivity contribution is 0.464. The highest BCUT2D eigenvalue weighted by Crippen LogP contribution is 2.33. The molecule has 0 spiro atoms. The Labute approximate surface area is 154 Å². The van der Waals surface area contributed by atoms with Gasteiger partial charge in [-0.3, -0.25) is 9.36 Å². The molecule has 0 saturated carbocycles. The third kappa shape index (κ3) is 3.88. The van der Waals surface area contributed by atoms with Crippen LogP contribution in [0, 0.1) is 12.8 Å². The summed E-state index contributed by atoms with van der Waals surface area (Å²) in [6.45, 7) is 8.41. The lowest BCUT2D eigenvalue weighted by Gasteiger charge is -2.16. The van der Waals surface area contributed by atoms with E-state index in [0.29, 0.717) is 45.3 Å². The number of thioether (sulfide) groups is 1. The SMILES string of the molecule is Cc1nnc(C(C)Sc2nc3ccc(Cl)cc3c(=O)n2CC(C)C)o1. The van der Waals surface area contributed by atoms with Crippen molar-refractivity contribution in [2.24, 2.45) is 5.92 Å². The number of halogens is 1. The zero-order valence-electron chi connectivity index (χ0n) is 14.5.